The lowest BCUT2D eigenvalue weighted by molar-refractivity contribution is -0.150. The number of hydrogen-bond acceptors (Lipinski definition) is 5. The first kappa shape index (κ1) is 51.1. The molecule has 310 valence electrons. The molecule has 0 saturated carbocycles. The predicted molar refractivity (Wildman–Crippen MR) is 231 cm³/mol. The van der Waals surface area contributed by atoms with Crippen molar-refractivity contribution in [3.8, 4) is 0 Å². The first-order chi connectivity index (χ1) is 25.9. The van der Waals surface area contributed by atoms with Gasteiger partial charge in [-0.2, -0.15) is 0 Å². The number of unbranched alkanes of at least 4 members (excludes halogenated alkanes) is 20. The minimum absolute atomic E-state index is 0.0000263. The van der Waals surface area contributed by atoms with E-state index < -0.39 is 0 Å². The van der Waals surface area contributed by atoms with E-state index in [1.54, 1.807) is 0 Å². The van der Waals surface area contributed by atoms with Gasteiger partial charge >= 0.3 is 11.9 Å². The van der Waals surface area contributed by atoms with Crippen LogP contribution in [0.4, 0.5) is 0 Å². The highest BCUT2D eigenvalue weighted by Gasteiger charge is 2.14. The third kappa shape index (κ3) is 39.6. The Kier molecular flexibility index (Phi) is 39.8. The summed E-state index contributed by atoms with van der Waals surface area (Å²) in [6, 6.07) is 0. The summed E-state index contributed by atoms with van der Waals surface area (Å²) in [6.45, 7) is 8.14. The second-order valence-corrected chi connectivity index (χ2v) is 15.9. The van der Waals surface area contributed by atoms with Crippen molar-refractivity contribution in [1.82, 2.24) is 4.90 Å². The SMILES string of the molecule is CCCCC/C=C\C/C=C\CCCCCCCCC(CCCCCOC(=O)/C=C(\CCCCCCC)CCCCCCCC)OC(=O)CCCN(C)C. The van der Waals surface area contributed by atoms with Gasteiger partial charge in [0.1, 0.15) is 6.10 Å². The molecule has 0 aliphatic heterocycles. The van der Waals surface area contributed by atoms with Gasteiger partial charge in [0.05, 0.1) is 6.61 Å². The summed E-state index contributed by atoms with van der Waals surface area (Å²) < 4.78 is 11.7. The van der Waals surface area contributed by atoms with E-state index in [1.807, 2.05) is 20.2 Å². The molecule has 1 atom stereocenters. The van der Waals surface area contributed by atoms with E-state index in [0.717, 1.165) is 70.8 Å². The van der Waals surface area contributed by atoms with Crippen LogP contribution >= 0.6 is 0 Å². The van der Waals surface area contributed by atoms with E-state index >= 15 is 0 Å². The molecule has 0 radical (unpaired) electrons. The van der Waals surface area contributed by atoms with Crippen LogP contribution in [-0.2, 0) is 19.1 Å². The van der Waals surface area contributed by atoms with E-state index in [1.165, 1.54) is 140 Å². The van der Waals surface area contributed by atoms with Crippen molar-refractivity contribution in [2.24, 2.45) is 0 Å². The summed E-state index contributed by atoms with van der Waals surface area (Å²) in [5, 5.41) is 0. The highest BCUT2D eigenvalue weighted by Crippen LogP contribution is 2.20. The number of rotatable bonds is 40. The first-order valence-electron chi connectivity index (χ1n) is 22.9. The molecule has 1 unspecified atom stereocenters. The van der Waals surface area contributed by atoms with Gasteiger partial charge in [-0.1, -0.05) is 147 Å². The predicted octanol–water partition coefficient (Wildman–Crippen LogP) is 14.6. The van der Waals surface area contributed by atoms with Crippen LogP contribution in [0.1, 0.15) is 226 Å². The van der Waals surface area contributed by atoms with Gasteiger partial charge in [0.15, 0.2) is 0 Å². The van der Waals surface area contributed by atoms with E-state index in [2.05, 4.69) is 50.0 Å². The van der Waals surface area contributed by atoms with Gasteiger partial charge < -0.3 is 14.4 Å². The Morgan fingerprint density at radius 1 is 0.528 bits per heavy atom. The largest absolute Gasteiger partial charge is 0.463 e. The molecule has 0 aliphatic rings. The minimum atomic E-state index is -0.165. The maximum atomic E-state index is 12.7. The van der Waals surface area contributed by atoms with Crippen molar-refractivity contribution in [3.63, 3.8) is 0 Å². The zero-order valence-corrected chi connectivity index (χ0v) is 36.1. The van der Waals surface area contributed by atoms with Gasteiger partial charge in [0.25, 0.3) is 0 Å². The van der Waals surface area contributed by atoms with Crippen LogP contribution in [0.25, 0.3) is 0 Å². The van der Waals surface area contributed by atoms with Crippen molar-refractivity contribution >= 4 is 11.9 Å². The summed E-state index contributed by atoms with van der Waals surface area (Å²) in [7, 11) is 4.08. The Morgan fingerprint density at radius 3 is 1.57 bits per heavy atom. The van der Waals surface area contributed by atoms with Gasteiger partial charge in [-0.05, 0) is 123 Å². The van der Waals surface area contributed by atoms with Crippen LogP contribution in [0.5, 0.6) is 0 Å². The fourth-order valence-electron chi connectivity index (χ4n) is 6.80. The lowest BCUT2D eigenvalue weighted by Gasteiger charge is -2.18. The molecule has 0 heterocycles. The standard InChI is InChI=1S/C48H89NO4/c1-6-9-12-15-17-18-19-20-21-22-23-24-25-26-29-33-39-46(53-47(50)41-36-42-49(4)5)40-34-30-35-43-52-48(51)44-45(37-31-27-14-11-8-3)38-32-28-16-13-10-7-2/h17-18,20-21,44,46H,6-16,19,22-43H2,1-5H3/b18-17-,21-20-,45-44+. The summed E-state index contributed by atoms with van der Waals surface area (Å²) >= 11 is 0. The Labute approximate surface area is 330 Å². The topological polar surface area (TPSA) is 55.8 Å². The quantitative estimate of drug-likeness (QED) is 0.0271. The monoisotopic (exact) mass is 744 g/mol. The molecule has 0 fully saturated rings. The fraction of sp³-hybridized carbons (Fsp3) is 0.833. The maximum absolute atomic E-state index is 12.7. The van der Waals surface area contributed by atoms with E-state index in [9.17, 15) is 9.59 Å². The van der Waals surface area contributed by atoms with E-state index in [0.29, 0.717) is 13.0 Å². The van der Waals surface area contributed by atoms with Crippen molar-refractivity contribution in [1.29, 1.82) is 0 Å². The Hall–Kier alpha value is -1.88. The van der Waals surface area contributed by atoms with Crippen molar-refractivity contribution in [2.45, 2.75) is 232 Å². The first-order valence-corrected chi connectivity index (χ1v) is 22.9. The summed E-state index contributed by atoms with van der Waals surface area (Å²) in [5.41, 5.74) is 1.28. The molecule has 0 aromatic heterocycles. The molecule has 0 saturated heterocycles. The lowest BCUT2D eigenvalue weighted by Crippen LogP contribution is -2.20. The number of nitrogens with zero attached hydrogens (tertiary/aromatic N) is 1. The van der Waals surface area contributed by atoms with Crippen LogP contribution in [0.15, 0.2) is 36.0 Å². The van der Waals surface area contributed by atoms with E-state index in [4.69, 9.17) is 9.47 Å². The highest BCUT2D eigenvalue weighted by atomic mass is 16.5. The van der Waals surface area contributed by atoms with Gasteiger partial charge in [0.2, 0.25) is 0 Å². The Balaban J connectivity index is 4.48. The zero-order valence-electron chi connectivity index (χ0n) is 36.1. The molecule has 0 rings (SSSR count). The molecule has 53 heavy (non-hydrogen) atoms. The zero-order chi connectivity index (χ0) is 38.9. The van der Waals surface area contributed by atoms with Crippen molar-refractivity contribution in [3.05, 3.63) is 36.0 Å². The molecule has 5 heteroatoms. The molecule has 0 N–H and O–H groups in total. The molecule has 0 spiro atoms. The molecular formula is C48H89NO4. The number of carbonyl (C=O) groups excluding carboxylic acids is 2. The maximum Gasteiger partial charge on any atom is 0.330 e. The molecule has 5 nitrogen and oxygen atoms in total. The van der Waals surface area contributed by atoms with Crippen LogP contribution in [0.3, 0.4) is 0 Å². The number of esters is 2. The molecular weight excluding hydrogens is 655 g/mol. The highest BCUT2D eigenvalue weighted by molar-refractivity contribution is 5.82. The third-order valence-electron chi connectivity index (χ3n) is 10.2. The van der Waals surface area contributed by atoms with Crippen molar-refractivity contribution in [2.75, 3.05) is 27.2 Å². The van der Waals surface area contributed by atoms with Crippen LogP contribution in [0, 0.1) is 0 Å². The number of hydrogen-bond donors (Lipinski definition) is 0. The molecule has 0 aromatic rings. The lowest BCUT2D eigenvalue weighted by atomic mass is 9.99. The Bertz CT molecular complexity index is 892. The smallest absolute Gasteiger partial charge is 0.330 e. The van der Waals surface area contributed by atoms with Gasteiger partial charge in [-0.25, -0.2) is 4.79 Å². The third-order valence-corrected chi connectivity index (χ3v) is 10.2. The van der Waals surface area contributed by atoms with Crippen LogP contribution in [0.2, 0.25) is 0 Å². The number of carbonyl (C=O) groups is 2. The molecule has 0 aliphatic carbocycles. The van der Waals surface area contributed by atoms with Crippen LogP contribution < -0.4 is 0 Å². The van der Waals surface area contributed by atoms with Gasteiger partial charge in [-0.15, -0.1) is 0 Å². The van der Waals surface area contributed by atoms with Gasteiger partial charge in [-0.3, -0.25) is 4.79 Å². The molecule has 0 bridgehead atoms. The van der Waals surface area contributed by atoms with Crippen LogP contribution in [-0.4, -0.2) is 50.2 Å². The summed E-state index contributed by atoms with van der Waals surface area (Å²) in [6.07, 6.45) is 47.9. The van der Waals surface area contributed by atoms with Crippen molar-refractivity contribution < 1.29 is 19.1 Å². The average molecular weight is 744 g/mol. The second-order valence-electron chi connectivity index (χ2n) is 15.9. The van der Waals surface area contributed by atoms with E-state index in [-0.39, 0.29) is 18.0 Å². The number of ether oxygens (including phenoxy) is 2. The fourth-order valence-corrected chi connectivity index (χ4v) is 6.80. The number of allylic oxidation sites excluding steroid dienone is 5. The molecule has 0 amide bonds. The molecule has 0 aromatic carbocycles. The minimum Gasteiger partial charge on any atom is -0.463 e. The second kappa shape index (κ2) is 41.3. The Morgan fingerprint density at radius 2 is 1.00 bits per heavy atom. The normalized spacial score (nSPS) is 12.8. The van der Waals surface area contributed by atoms with Gasteiger partial charge in [0, 0.05) is 12.5 Å². The summed E-state index contributed by atoms with van der Waals surface area (Å²) in [4.78, 5) is 27.5. The summed E-state index contributed by atoms with van der Waals surface area (Å²) in [5.74, 6) is -0.221. The average Bonchev–Trinajstić information content (AvgIpc) is 3.13.